The van der Waals surface area contributed by atoms with Gasteiger partial charge in [-0.3, -0.25) is 9.59 Å². The highest BCUT2D eigenvalue weighted by molar-refractivity contribution is 5.72. The van der Waals surface area contributed by atoms with Crippen molar-refractivity contribution in [2.75, 3.05) is 6.61 Å². The van der Waals surface area contributed by atoms with E-state index in [1.165, 1.54) is 12.7 Å². The van der Waals surface area contributed by atoms with Crippen molar-refractivity contribution in [1.29, 1.82) is 0 Å². The Hall–Kier alpha value is -1.52. The van der Waals surface area contributed by atoms with E-state index in [4.69, 9.17) is 9.84 Å². The average Bonchev–Trinajstić information content (AvgIpc) is 2.42. The predicted molar refractivity (Wildman–Crippen MR) is 74.2 cm³/mol. The van der Waals surface area contributed by atoms with Crippen LogP contribution in [0.3, 0.4) is 0 Å². The van der Waals surface area contributed by atoms with Gasteiger partial charge in [0, 0.05) is 12.3 Å². The van der Waals surface area contributed by atoms with E-state index < -0.39 is 17.9 Å². The third kappa shape index (κ3) is 5.23. The largest absolute Gasteiger partial charge is 0.501 e. The van der Waals surface area contributed by atoms with Gasteiger partial charge in [0.2, 0.25) is 0 Å². The van der Waals surface area contributed by atoms with Crippen LogP contribution in [0.1, 0.15) is 44.9 Å². The van der Waals surface area contributed by atoms with E-state index in [1.54, 1.807) is 0 Å². The summed E-state index contributed by atoms with van der Waals surface area (Å²) < 4.78 is 5.24. The number of carbonyl (C=O) groups is 2. The van der Waals surface area contributed by atoms with Crippen LogP contribution >= 0.6 is 0 Å². The molecule has 2 unspecified atom stereocenters. The third-order valence-corrected chi connectivity index (χ3v) is 4.17. The summed E-state index contributed by atoms with van der Waals surface area (Å²) >= 11 is 0. The van der Waals surface area contributed by atoms with Crippen LogP contribution in [0.25, 0.3) is 0 Å². The molecule has 5 nitrogen and oxygen atoms in total. The summed E-state index contributed by atoms with van der Waals surface area (Å²) in [6.07, 6.45) is 6.79. The quantitative estimate of drug-likeness (QED) is 0.636. The Bertz CT molecular complexity index is 333. The number of hydrogen-bond donors (Lipinski definition) is 2. The average molecular weight is 284 g/mol. The molecule has 114 valence electrons. The lowest BCUT2D eigenvalue weighted by Gasteiger charge is -2.33. The smallest absolute Gasteiger partial charge is 0.306 e. The highest BCUT2D eigenvalue weighted by Crippen LogP contribution is 2.36. The Labute approximate surface area is 119 Å². The van der Waals surface area contributed by atoms with E-state index in [9.17, 15) is 14.7 Å². The van der Waals surface area contributed by atoms with Crippen LogP contribution in [-0.4, -0.2) is 28.8 Å². The zero-order valence-corrected chi connectivity index (χ0v) is 11.8. The molecule has 0 amide bonds. The van der Waals surface area contributed by atoms with E-state index in [1.807, 2.05) is 0 Å². The van der Waals surface area contributed by atoms with Crippen molar-refractivity contribution >= 4 is 11.9 Å². The van der Waals surface area contributed by atoms with Crippen molar-refractivity contribution in [3.63, 3.8) is 0 Å². The lowest BCUT2D eigenvalue weighted by molar-refractivity contribution is -0.147. The first-order valence-corrected chi connectivity index (χ1v) is 7.23. The molecule has 2 N–H and O–H groups in total. The Morgan fingerprint density at radius 2 is 1.90 bits per heavy atom. The van der Waals surface area contributed by atoms with Gasteiger partial charge >= 0.3 is 11.9 Å². The lowest BCUT2D eigenvalue weighted by atomic mass is 9.73. The molecule has 0 radical (unpaired) electrons. The number of carboxylic acid groups (broad SMARTS) is 2. The van der Waals surface area contributed by atoms with Crippen molar-refractivity contribution in [2.45, 2.75) is 44.9 Å². The summed E-state index contributed by atoms with van der Waals surface area (Å²) in [6, 6.07) is 0. The van der Waals surface area contributed by atoms with Gasteiger partial charge in [-0.15, -0.1) is 0 Å². The first-order valence-electron chi connectivity index (χ1n) is 7.23. The SMILES string of the molecule is C=COCC(C1CCCCC1)C(CCC(=O)O)C(=O)O. The zero-order chi connectivity index (χ0) is 15.0. The van der Waals surface area contributed by atoms with Gasteiger partial charge in [-0.1, -0.05) is 38.7 Å². The second-order valence-corrected chi connectivity index (χ2v) is 5.44. The third-order valence-electron chi connectivity index (χ3n) is 4.17. The minimum atomic E-state index is -0.955. The number of ether oxygens (including phenoxy) is 1. The van der Waals surface area contributed by atoms with E-state index >= 15 is 0 Å². The van der Waals surface area contributed by atoms with Crippen LogP contribution in [0.15, 0.2) is 12.8 Å². The van der Waals surface area contributed by atoms with Crippen molar-refractivity contribution in [3.05, 3.63) is 12.8 Å². The number of rotatable bonds is 9. The van der Waals surface area contributed by atoms with Gasteiger partial charge in [-0.2, -0.15) is 0 Å². The Morgan fingerprint density at radius 1 is 1.25 bits per heavy atom. The summed E-state index contributed by atoms with van der Waals surface area (Å²) in [5.74, 6) is -2.37. The summed E-state index contributed by atoms with van der Waals surface area (Å²) in [4.78, 5) is 22.2. The van der Waals surface area contributed by atoms with Crippen molar-refractivity contribution in [3.8, 4) is 0 Å². The van der Waals surface area contributed by atoms with Crippen LogP contribution in [0.2, 0.25) is 0 Å². The minimum absolute atomic E-state index is 0.117. The van der Waals surface area contributed by atoms with Crippen LogP contribution in [0.4, 0.5) is 0 Å². The molecular weight excluding hydrogens is 260 g/mol. The molecule has 0 aromatic rings. The van der Waals surface area contributed by atoms with Gasteiger partial charge < -0.3 is 14.9 Å². The molecule has 1 aliphatic rings. The van der Waals surface area contributed by atoms with Crippen LogP contribution in [0, 0.1) is 17.8 Å². The topological polar surface area (TPSA) is 83.8 Å². The second-order valence-electron chi connectivity index (χ2n) is 5.44. The van der Waals surface area contributed by atoms with Gasteiger partial charge in [0.25, 0.3) is 0 Å². The van der Waals surface area contributed by atoms with Gasteiger partial charge in [-0.05, 0) is 12.3 Å². The molecule has 0 saturated heterocycles. The fourth-order valence-corrected chi connectivity index (χ4v) is 3.12. The van der Waals surface area contributed by atoms with Crippen molar-refractivity contribution < 1.29 is 24.5 Å². The molecule has 0 aromatic heterocycles. The van der Waals surface area contributed by atoms with Crippen molar-refractivity contribution in [2.24, 2.45) is 17.8 Å². The predicted octanol–water partition coefficient (Wildman–Crippen LogP) is 2.91. The summed E-state index contributed by atoms with van der Waals surface area (Å²) in [5.41, 5.74) is 0. The normalized spacial score (nSPS) is 19.0. The van der Waals surface area contributed by atoms with E-state index in [0.717, 1.165) is 25.7 Å². The van der Waals surface area contributed by atoms with E-state index in [0.29, 0.717) is 12.5 Å². The molecule has 0 heterocycles. The van der Waals surface area contributed by atoms with Crippen LogP contribution < -0.4 is 0 Å². The van der Waals surface area contributed by atoms with Gasteiger partial charge in [0.15, 0.2) is 0 Å². The Kier molecular flexibility index (Phi) is 7.12. The summed E-state index contributed by atoms with van der Waals surface area (Å²) in [7, 11) is 0. The summed E-state index contributed by atoms with van der Waals surface area (Å²) in [6.45, 7) is 3.80. The minimum Gasteiger partial charge on any atom is -0.501 e. The molecular formula is C15H24O5. The maximum Gasteiger partial charge on any atom is 0.306 e. The molecule has 1 aliphatic carbocycles. The molecule has 0 spiro atoms. The Morgan fingerprint density at radius 3 is 2.40 bits per heavy atom. The lowest BCUT2D eigenvalue weighted by Crippen LogP contribution is -2.34. The zero-order valence-electron chi connectivity index (χ0n) is 11.8. The molecule has 1 saturated carbocycles. The van der Waals surface area contributed by atoms with Gasteiger partial charge in [0.1, 0.15) is 0 Å². The molecule has 0 bridgehead atoms. The number of aliphatic carboxylic acids is 2. The molecule has 20 heavy (non-hydrogen) atoms. The molecule has 0 aliphatic heterocycles. The number of hydrogen-bond acceptors (Lipinski definition) is 3. The fourth-order valence-electron chi connectivity index (χ4n) is 3.12. The monoisotopic (exact) mass is 284 g/mol. The first-order chi connectivity index (χ1) is 9.56. The fraction of sp³-hybridized carbons (Fsp3) is 0.733. The van der Waals surface area contributed by atoms with Gasteiger partial charge in [-0.25, -0.2) is 0 Å². The maximum absolute atomic E-state index is 11.5. The van der Waals surface area contributed by atoms with Crippen molar-refractivity contribution in [1.82, 2.24) is 0 Å². The first kappa shape index (κ1) is 16.5. The maximum atomic E-state index is 11.5. The second kappa shape index (κ2) is 8.61. The Balaban J connectivity index is 2.76. The molecule has 1 fully saturated rings. The van der Waals surface area contributed by atoms with Gasteiger partial charge in [0.05, 0.1) is 18.8 Å². The highest BCUT2D eigenvalue weighted by atomic mass is 16.5. The molecule has 2 atom stereocenters. The van der Waals surface area contributed by atoms with E-state index in [-0.39, 0.29) is 18.8 Å². The summed E-state index contributed by atoms with van der Waals surface area (Å²) in [5, 5.41) is 18.2. The van der Waals surface area contributed by atoms with Crippen LogP contribution in [0.5, 0.6) is 0 Å². The molecule has 5 heteroatoms. The standard InChI is InChI=1S/C15H24O5/c1-2-20-10-13(11-6-4-3-5-7-11)12(15(18)19)8-9-14(16)17/h2,11-13H,1,3-10H2,(H,16,17)(H,18,19). The van der Waals surface area contributed by atoms with Crippen LogP contribution in [-0.2, 0) is 14.3 Å². The highest BCUT2D eigenvalue weighted by Gasteiger charge is 2.35. The molecule has 0 aromatic carbocycles. The number of carboxylic acids is 2. The molecule has 1 rings (SSSR count). The van der Waals surface area contributed by atoms with E-state index in [2.05, 4.69) is 6.58 Å².